The van der Waals surface area contributed by atoms with Crippen LogP contribution < -0.4 is 10.1 Å². The summed E-state index contributed by atoms with van der Waals surface area (Å²) in [7, 11) is 0. The molecule has 1 atom stereocenters. The van der Waals surface area contributed by atoms with Crippen LogP contribution >= 0.6 is 24.8 Å². The van der Waals surface area contributed by atoms with Crippen molar-refractivity contribution < 1.29 is 22.3 Å². The van der Waals surface area contributed by atoms with Crippen LogP contribution in [-0.2, 0) is 0 Å². The molecule has 0 bridgehead atoms. The van der Waals surface area contributed by atoms with Crippen LogP contribution in [0.25, 0.3) is 0 Å². The van der Waals surface area contributed by atoms with Crippen LogP contribution in [0, 0.1) is 13.8 Å². The zero-order valence-corrected chi connectivity index (χ0v) is 16.6. The normalized spacial score (nSPS) is 16.2. The van der Waals surface area contributed by atoms with E-state index in [9.17, 15) is 13.2 Å². The van der Waals surface area contributed by atoms with Gasteiger partial charge in [0.05, 0.1) is 6.04 Å². The number of halogens is 5. The van der Waals surface area contributed by atoms with E-state index in [0.717, 1.165) is 48.8 Å². The van der Waals surface area contributed by atoms with Crippen LogP contribution in [0.3, 0.4) is 0 Å². The average Bonchev–Trinajstić information content (AvgIpc) is 2.88. The molecule has 0 saturated carbocycles. The van der Waals surface area contributed by atoms with E-state index in [2.05, 4.69) is 15.0 Å². The molecule has 0 spiro atoms. The first-order valence-corrected chi connectivity index (χ1v) is 8.21. The van der Waals surface area contributed by atoms with Gasteiger partial charge in [0.1, 0.15) is 17.3 Å². The summed E-state index contributed by atoms with van der Waals surface area (Å²) in [5.41, 5.74) is 1.94. The zero-order valence-electron chi connectivity index (χ0n) is 15.0. The number of furan rings is 1. The van der Waals surface area contributed by atoms with E-state index in [1.165, 1.54) is 12.1 Å². The topological polar surface area (TPSA) is 37.6 Å². The molecule has 1 aromatic carbocycles. The molecule has 1 aliphatic rings. The molecule has 9 heteroatoms. The van der Waals surface area contributed by atoms with Crippen molar-refractivity contribution in [1.29, 1.82) is 0 Å². The number of aryl methyl sites for hydroxylation is 2. The Kier molecular flexibility index (Phi) is 8.48. The Hall–Kier alpha value is -1.41. The monoisotopic (exact) mass is 426 g/mol. The minimum atomic E-state index is -4.69. The first-order valence-electron chi connectivity index (χ1n) is 8.21. The molecule has 0 radical (unpaired) electrons. The smallest absolute Gasteiger partial charge is 0.464 e. The lowest BCUT2D eigenvalue weighted by atomic mass is 10.0. The van der Waals surface area contributed by atoms with Crippen molar-refractivity contribution in [3.05, 3.63) is 53.0 Å². The number of hydrogen-bond acceptors (Lipinski definition) is 4. The predicted molar refractivity (Wildman–Crippen MR) is 102 cm³/mol. The summed E-state index contributed by atoms with van der Waals surface area (Å²) in [5.74, 6) is 1.44. The van der Waals surface area contributed by atoms with Crippen LogP contribution in [0.5, 0.6) is 5.75 Å². The van der Waals surface area contributed by atoms with Crippen LogP contribution in [0.15, 0.2) is 34.7 Å². The summed E-state index contributed by atoms with van der Waals surface area (Å²) in [6.07, 6.45) is -4.69. The van der Waals surface area contributed by atoms with E-state index in [1.54, 1.807) is 12.1 Å². The first-order chi connectivity index (χ1) is 11.8. The molecule has 3 rings (SSSR count). The highest BCUT2D eigenvalue weighted by molar-refractivity contribution is 5.85. The van der Waals surface area contributed by atoms with Gasteiger partial charge in [-0.05, 0) is 43.2 Å². The standard InChI is InChI=1S/C18H21F3N2O2.2ClH/c1-12-11-16(24-13(12)2)17(23-9-7-22-8-10-23)14-3-5-15(6-4-14)25-18(19,20)21;;/h3-6,11,17,22H,7-10H2,1-2H3;2*1H/t17-;;/m1../s1. The van der Waals surface area contributed by atoms with Gasteiger partial charge in [0.25, 0.3) is 0 Å². The van der Waals surface area contributed by atoms with Crippen LogP contribution in [0.1, 0.15) is 28.7 Å². The van der Waals surface area contributed by atoms with Gasteiger partial charge in [-0.15, -0.1) is 38.0 Å². The number of nitrogens with one attached hydrogen (secondary N) is 1. The molecule has 1 N–H and O–H groups in total. The van der Waals surface area contributed by atoms with Gasteiger partial charge in [-0.2, -0.15) is 0 Å². The lowest BCUT2D eigenvalue weighted by Gasteiger charge is -2.34. The number of alkyl halides is 3. The molecule has 1 saturated heterocycles. The minimum absolute atomic E-state index is 0. The van der Waals surface area contributed by atoms with Crippen molar-refractivity contribution in [2.75, 3.05) is 26.2 Å². The van der Waals surface area contributed by atoms with E-state index in [4.69, 9.17) is 4.42 Å². The summed E-state index contributed by atoms with van der Waals surface area (Å²) >= 11 is 0. The number of ether oxygens (including phenoxy) is 1. The summed E-state index contributed by atoms with van der Waals surface area (Å²) in [5, 5.41) is 3.31. The Bertz CT molecular complexity index is 695. The fourth-order valence-electron chi connectivity index (χ4n) is 3.08. The number of hydrogen-bond donors (Lipinski definition) is 1. The maximum Gasteiger partial charge on any atom is 0.573 e. The second-order valence-corrected chi connectivity index (χ2v) is 6.19. The van der Waals surface area contributed by atoms with Crippen LogP contribution in [0.2, 0.25) is 0 Å². The second kappa shape index (κ2) is 9.68. The van der Waals surface area contributed by atoms with Gasteiger partial charge in [-0.1, -0.05) is 12.1 Å². The number of piperazine rings is 1. The molecule has 152 valence electrons. The number of benzene rings is 1. The highest BCUT2D eigenvalue weighted by Crippen LogP contribution is 2.33. The van der Waals surface area contributed by atoms with Gasteiger partial charge in [-0.3, -0.25) is 4.90 Å². The van der Waals surface area contributed by atoms with Gasteiger partial charge in [-0.25, -0.2) is 0 Å². The Morgan fingerprint density at radius 1 is 1.07 bits per heavy atom. The summed E-state index contributed by atoms with van der Waals surface area (Å²) in [6.45, 7) is 7.30. The molecule has 0 unspecified atom stereocenters. The molecular weight excluding hydrogens is 404 g/mol. The minimum Gasteiger partial charge on any atom is -0.464 e. The molecular formula is C18H23Cl2F3N2O2. The van der Waals surface area contributed by atoms with Crippen molar-refractivity contribution in [3.8, 4) is 5.75 Å². The maximum absolute atomic E-state index is 12.4. The molecule has 2 heterocycles. The van der Waals surface area contributed by atoms with E-state index in [1.807, 2.05) is 19.9 Å². The van der Waals surface area contributed by atoms with Crippen LogP contribution in [-0.4, -0.2) is 37.4 Å². The number of nitrogens with zero attached hydrogens (tertiary/aromatic N) is 1. The van der Waals surface area contributed by atoms with E-state index in [-0.39, 0.29) is 36.6 Å². The Morgan fingerprint density at radius 3 is 2.15 bits per heavy atom. The molecule has 0 aliphatic carbocycles. The molecule has 4 nitrogen and oxygen atoms in total. The Morgan fingerprint density at radius 2 is 1.67 bits per heavy atom. The van der Waals surface area contributed by atoms with E-state index in [0.29, 0.717) is 0 Å². The summed E-state index contributed by atoms with van der Waals surface area (Å²) in [4.78, 5) is 2.27. The van der Waals surface area contributed by atoms with Crippen molar-refractivity contribution in [3.63, 3.8) is 0 Å². The van der Waals surface area contributed by atoms with E-state index < -0.39 is 6.36 Å². The maximum atomic E-state index is 12.4. The fraction of sp³-hybridized carbons (Fsp3) is 0.444. The second-order valence-electron chi connectivity index (χ2n) is 6.19. The largest absolute Gasteiger partial charge is 0.573 e. The quantitative estimate of drug-likeness (QED) is 0.772. The molecule has 1 aromatic heterocycles. The van der Waals surface area contributed by atoms with Gasteiger partial charge in [0.15, 0.2) is 0 Å². The third kappa shape index (κ3) is 6.04. The van der Waals surface area contributed by atoms with Gasteiger partial charge < -0.3 is 14.5 Å². The molecule has 1 fully saturated rings. The van der Waals surface area contributed by atoms with Crippen molar-refractivity contribution in [1.82, 2.24) is 10.2 Å². The SMILES string of the molecule is Cc1cc([C@@H](c2ccc(OC(F)(F)F)cc2)N2CCNCC2)oc1C.Cl.Cl. The lowest BCUT2D eigenvalue weighted by Crippen LogP contribution is -2.45. The van der Waals surface area contributed by atoms with E-state index >= 15 is 0 Å². The van der Waals surface area contributed by atoms with Crippen molar-refractivity contribution in [2.45, 2.75) is 26.3 Å². The summed E-state index contributed by atoms with van der Waals surface area (Å²) < 4.78 is 46.9. The zero-order chi connectivity index (χ0) is 18.0. The average molecular weight is 427 g/mol. The molecule has 2 aromatic rings. The highest BCUT2D eigenvalue weighted by atomic mass is 35.5. The van der Waals surface area contributed by atoms with Gasteiger partial charge in [0.2, 0.25) is 0 Å². The first kappa shape index (κ1) is 23.6. The number of rotatable bonds is 4. The van der Waals surface area contributed by atoms with Crippen LogP contribution in [0.4, 0.5) is 13.2 Å². The van der Waals surface area contributed by atoms with Crippen molar-refractivity contribution in [2.24, 2.45) is 0 Å². The molecule has 0 amide bonds. The van der Waals surface area contributed by atoms with Gasteiger partial charge in [0, 0.05) is 26.2 Å². The summed E-state index contributed by atoms with van der Waals surface area (Å²) in [6, 6.07) is 7.90. The third-order valence-electron chi connectivity index (χ3n) is 4.40. The third-order valence-corrected chi connectivity index (χ3v) is 4.40. The highest BCUT2D eigenvalue weighted by Gasteiger charge is 2.31. The molecule has 27 heavy (non-hydrogen) atoms. The lowest BCUT2D eigenvalue weighted by molar-refractivity contribution is -0.274. The fourth-order valence-corrected chi connectivity index (χ4v) is 3.08. The van der Waals surface area contributed by atoms with Crippen molar-refractivity contribution >= 4 is 24.8 Å². The Labute approximate surface area is 168 Å². The molecule has 1 aliphatic heterocycles. The predicted octanol–water partition coefficient (Wildman–Crippen LogP) is 4.63. The van der Waals surface area contributed by atoms with Gasteiger partial charge >= 0.3 is 6.36 Å². The Balaban J connectivity index is 0.00000182.